The smallest absolute Gasteiger partial charge is 0.234 e. The Kier molecular flexibility index (Phi) is 5.18. The van der Waals surface area contributed by atoms with Crippen LogP contribution in [0.1, 0.15) is 5.56 Å². The Morgan fingerprint density at radius 3 is 3.00 bits per heavy atom. The summed E-state index contributed by atoms with van der Waals surface area (Å²) < 4.78 is 12.9. The second kappa shape index (κ2) is 6.66. The van der Waals surface area contributed by atoms with Gasteiger partial charge in [0.15, 0.2) is 0 Å². The molecule has 0 saturated carbocycles. The van der Waals surface area contributed by atoms with Crippen LogP contribution < -0.4 is 5.32 Å². The van der Waals surface area contributed by atoms with Gasteiger partial charge in [-0.15, -0.1) is 6.42 Å². The van der Waals surface area contributed by atoms with Gasteiger partial charge < -0.3 is 5.32 Å². The van der Waals surface area contributed by atoms with E-state index in [9.17, 15) is 9.18 Å². The molecule has 0 aromatic heterocycles. The van der Waals surface area contributed by atoms with Gasteiger partial charge in [-0.05, 0) is 24.7 Å². The summed E-state index contributed by atoms with van der Waals surface area (Å²) in [6.07, 6.45) is 5.03. The van der Waals surface area contributed by atoms with Crippen molar-refractivity contribution in [2.75, 3.05) is 20.1 Å². The summed E-state index contributed by atoms with van der Waals surface area (Å²) in [6, 6.07) is 6.31. The number of hydrogen-bond donors (Lipinski definition) is 1. The van der Waals surface area contributed by atoms with E-state index in [2.05, 4.69) is 11.2 Å². The molecule has 1 aromatic carbocycles. The molecule has 0 aliphatic rings. The van der Waals surface area contributed by atoms with Crippen molar-refractivity contribution in [3.63, 3.8) is 0 Å². The maximum absolute atomic E-state index is 12.9. The zero-order valence-corrected chi connectivity index (χ0v) is 9.74. The first-order valence-electron chi connectivity index (χ1n) is 5.25. The van der Waals surface area contributed by atoms with E-state index in [1.54, 1.807) is 18.0 Å². The third-order valence-electron chi connectivity index (χ3n) is 2.14. The molecule has 90 valence electrons. The van der Waals surface area contributed by atoms with E-state index in [0.29, 0.717) is 6.54 Å². The van der Waals surface area contributed by atoms with E-state index in [0.717, 1.165) is 5.56 Å². The van der Waals surface area contributed by atoms with Gasteiger partial charge in [0.2, 0.25) is 5.91 Å². The van der Waals surface area contributed by atoms with Crippen molar-refractivity contribution in [3.8, 4) is 12.3 Å². The van der Waals surface area contributed by atoms with Gasteiger partial charge in [0.05, 0.1) is 13.1 Å². The Labute approximate surface area is 101 Å². The summed E-state index contributed by atoms with van der Waals surface area (Å²) in [4.78, 5) is 13.1. The van der Waals surface area contributed by atoms with Crippen LogP contribution in [0.25, 0.3) is 0 Å². The third-order valence-corrected chi connectivity index (χ3v) is 2.14. The maximum Gasteiger partial charge on any atom is 0.234 e. The fraction of sp³-hybridized carbons (Fsp3) is 0.308. The van der Waals surface area contributed by atoms with Crippen LogP contribution in [0.15, 0.2) is 24.3 Å². The minimum Gasteiger partial charge on any atom is -0.344 e. The lowest BCUT2D eigenvalue weighted by Crippen LogP contribution is -2.34. The molecule has 0 fully saturated rings. The zero-order valence-electron chi connectivity index (χ0n) is 9.74. The molecule has 4 heteroatoms. The van der Waals surface area contributed by atoms with Crippen molar-refractivity contribution in [1.29, 1.82) is 0 Å². The molecular formula is C13H15FN2O. The summed E-state index contributed by atoms with van der Waals surface area (Å²) >= 11 is 0. The molecule has 0 saturated heterocycles. The largest absolute Gasteiger partial charge is 0.344 e. The molecule has 0 atom stereocenters. The Morgan fingerprint density at radius 1 is 1.59 bits per heavy atom. The zero-order chi connectivity index (χ0) is 12.7. The van der Waals surface area contributed by atoms with Crippen LogP contribution in [0.2, 0.25) is 0 Å². The minimum atomic E-state index is -0.271. The number of benzene rings is 1. The van der Waals surface area contributed by atoms with Crippen LogP contribution in [0.4, 0.5) is 4.39 Å². The molecule has 17 heavy (non-hydrogen) atoms. The average Bonchev–Trinajstić information content (AvgIpc) is 2.26. The number of nitrogens with one attached hydrogen (secondary N) is 1. The molecular weight excluding hydrogens is 219 g/mol. The Bertz CT molecular complexity index is 426. The van der Waals surface area contributed by atoms with Crippen molar-refractivity contribution >= 4 is 5.91 Å². The number of nitrogens with zero attached hydrogens (tertiary/aromatic N) is 1. The lowest BCUT2D eigenvalue weighted by molar-refractivity contribution is -0.121. The van der Waals surface area contributed by atoms with Crippen LogP contribution in [0.3, 0.4) is 0 Å². The topological polar surface area (TPSA) is 32.3 Å². The lowest BCUT2D eigenvalue weighted by Gasteiger charge is -2.15. The highest BCUT2D eigenvalue weighted by atomic mass is 19.1. The fourth-order valence-electron chi connectivity index (χ4n) is 1.45. The molecule has 0 bridgehead atoms. The number of hydrogen-bond acceptors (Lipinski definition) is 2. The Morgan fingerprint density at radius 2 is 2.35 bits per heavy atom. The van der Waals surface area contributed by atoms with Crippen LogP contribution in [0.5, 0.6) is 0 Å². The number of terminal acetylenes is 1. The van der Waals surface area contributed by atoms with Gasteiger partial charge in [-0.1, -0.05) is 18.1 Å². The van der Waals surface area contributed by atoms with Gasteiger partial charge in [0, 0.05) is 6.54 Å². The summed E-state index contributed by atoms with van der Waals surface area (Å²) in [5.41, 5.74) is 0.831. The van der Waals surface area contributed by atoms with Gasteiger partial charge in [-0.2, -0.15) is 0 Å². The van der Waals surface area contributed by atoms with Crippen molar-refractivity contribution in [3.05, 3.63) is 35.6 Å². The summed E-state index contributed by atoms with van der Waals surface area (Å²) in [7, 11) is 1.79. The molecule has 1 aromatic rings. The third kappa shape index (κ3) is 5.14. The van der Waals surface area contributed by atoms with E-state index in [-0.39, 0.29) is 24.8 Å². The second-order valence-electron chi connectivity index (χ2n) is 3.78. The highest BCUT2D eigenvalue weighted by molar-refractivity contribution is 5.78. The van der Waals surface area contributed by atoms with Crippen LogP contribution in [-0.4, -0.2) is 30.9 Å². The van der Waals surface area contributed by atoms with Gasteiger partial charge in [0.25, 0.3) is 0 Å². The first kappa shape index (κ1) is 13.2. The second-order valence-corrected chi connectivity index (χ2v) is 3.78. The molecule has 0 aliphatic carbocycles. The number of rotatable bonds is 5. The average molecular weight is 234 g/mol. The van der Waals surface area contributed by atoms with Gasteiger partial charge in [-0.25, -0.2) is 4.39 Å². The number of halogens is 1. The number of carbonyl (C=O) groups excluding carboxylic acids is 1. The maximum atomic E-state index is 12.9. The molecule has 0 heterocycles. The Hall–Kier alpha value is -1.86. The van der Waals surface area contributed by atoms with E-state index >= 15 is 0 Å². The molecule has 1 N–H and O–H groups in total. The van der Waals surface area contributed by atoms with Crippen molar-refractivity contribution in [2.24, 2.45) is 0 Å². The lowest BCUT2D eigenvalue weighted by atomic mass is 10.2. The highest BCUT2D eigenvalue weighted by Crippen LogP contribution is 2.05. The van der Waals surface area contributed by atoms with Crippen molar-refractivity contribution in [1.82, 2.24) is 10.2 Å². The standard InChI is InChI=1S/C13H15FN2O/c1-3-7-15-13(17)10-16(2)9-11-5-4-6-12(14)8-11/h1,4-6,8H,7,9-10H2,2H3,(H,15,17). The van der Waals surface area contributed by atoms with Gasteiger partial charge >= 0.3 is 0 Å². The van der Waals surface area contributed by atoms with Crippen molar-refractivity contribution < 1.29 is 9.18 Å². The normalized spacial score (nSPS) is 10.0. The number of likely N-dealkylation sites (N-methyl/N-ethyl adjacent to an activating group) is 1. The molecule has 0 aliphatic heterocycles. The van der Waals surface area contributed by atoms with E-state index < -0.39 is 0 Å². The van der Waals surface area contributed by atoms with Gasteiger partial charge in [-0.3, -0.25) is 9.69 Å². The van der Waals surface area contributed by atoms with Crippen LogP contribution in [0, 0.1) is 18.2 Å². The van der Waals surface area contributed by atoms with Crippen LogP contribution >= 0.6 is 0 Å². The molecule has 0 unspecified atom stereocenters. The summed E-state index contributed by atoms with van der Waals surface area (Å²) in [6.45, 7) is 0.978. The quantitative estimate of drug-likeness (QED) is 0.771. The number of carbonyl (C=O) groups is 1. The van der Waals surface area contributed by atoms with Gasteiger partial charge in [0.1, 0.15) is 5.82 Å². The van der Waals surface area contributed by atoms with E-state index in [1.165, 1.54) is 12.1 Å². The monoisotopic (exact) mass is 234 g/mol. The predicted molar refractivity (Wildman–Crippen MR) is 64.6 cm³/mol. The highest BCUT2D eigenvalue weighted by Gasteiger charge is 2.06. The SMILES string of the molecule is C#CCNC(=O)CN(C)Cc1cccc(F)c1. The summed E-state index contributed by atoms with van der Waals surface area (Å²) in [5, 5.41) is 2.57. The summed E-state index contributed by atoms with van der Waals surface area (Å²) in [5.74, 6) is 1.92. The van der Waals surface area contributed by atoms with E-state index in [1.807, 2.05) is 6.07 Å². The fourth-order valence-corrected chi connectivity index (χ4v) is 1.45. The minimum absolute atomic E-state index is 0.137. The van der Waals surface area contributed by atoms with Crippen molar-refractivity contribution in [2.45, 2.75) is 6.54 Å². The predicted octanol–water partition coefficient (Wildman–Crippen LogP) is 1.01. The van der Waals surface area contributed by atoms with Crippen LogP contribution in [-0.2, 0) is 11.3 Å². The van der Waals surface area contributed by atoms with E-state index in [4.69, 9.17) is 6.42 Å². The molecule has 1 amide bonds. The first-order chi connectivity index (χ1) is 8.11. The molecule has 1 rings (SSSR count). The first-order valence-corrected chi connectivity index (χ1v) is 5.25. The molecule has 0 radical (unpaired) electrons. The number of amides is 1. The molecule has 3 nitrogen and oxygen atoms in total. The Balaban J connectivity index is 2.42. The molecule has 0 spiro atoms.